The minimum Gasteiger partial charge on any atom is -0.478 e. The van der Waals surface area contributed by atoms with Crippen LogP contribution in [0.3, 0.4) is 0 Å². The Morgan fingerprint density at radius 1 is 1.10 bits per heavy atom. The molecule has 2 aromatic carbocycles. The molecule has 0 aliphatic rings. The number of hydrogen-bond donors (Lipinski definition) is 1. The second kappa shape index (κ2) is 10.4. The fourth-order valence-electron chi connectivity index (χ4n) is 3.40. The highest BCUT2D eigenvalue weighted by atomic mass is 32.2. The van der Waals surface area contributed by atoms with Gasteiger partial charge < -0.3 is 14.6 Å². The SMILES string of the molecule is CSc1ccc(C(CCc2cc(C)c(OC(C)(C)C(=O)O)c(C)c2)OC(C)C)cc1. The number of carbonyl (C=O) groups is 1. The van der Waals surface area contributed by atoms with Gasteiger partial charge in [-0.1, -0.05) is 24.3 Å². The van der Waals surface area contributed by atoms with Gasteiger partial charge in [-0.2, -0.15) is 0 Å². The Kier molecular flexibility index (Phi) is 8.39. The van der Waals surface area contributed by atoms with Gasteiger partial charge in [0, 0.05) is 4.90 Å². The van der Waals surface area contributed by atoms with Crippen LogP contribution in [0, 0.1) is 13.8 Å². The Hall–Kier alpha value is -1.98. The number of aliphatic carboxylic acids is 1. The zero-order chi connectivity index (χ0) is 22.5. The van der Waals surface area contributed by atoms with E-state index >= 15 is 0 Å². The molecule has 4 nitrogen and oxygen atoms in total. The summed E-state index contributed by atoms with van der Waals surface area (Å²) >= 11 is 1.73. The average molecular weight is 431 g/mol. The summed E-state index contributed by atoms with van der Waals surface area (Å²) in [4.78, 5) is 12.7. The van der Waals surface area contributed by atoms with Crippen molar-refractivity contribution in [3.8, 4) is 5.75 Å². The van der Waals surface area contributed by atoms with E-state index in [0.717, 1.165) is 24.0 Å². The Morgan fingerprint density at radius 2 is 1.67 bits per heavy atom. The molecule has 0 saturated heterocycles. The van der Waals surface area contributed by atoms with E-state index in [-0.39, 0.29) is 12.2 Å². The molecule has 0 saturated carbocycles. The lowest BCUT2D eigenvalue weighted by molar-refractivity contribution is -0.152. The molecule has 0 radical (unpaired) electrons. The fraction of sp³-hybridized carbons (Fsp3) is 0.480. The van der Waals surface area contributed by atoms with E-state index in [1.807, 2.05) is 13.8 Å². The highest BCUT2D eigenvalue weighted by Gasteiger charge is 2.30. The van der Waals surface area contributed by atoms with Crippen molar-refractivity contribution < 1.29 is 19.4 Å². The van der Waals surface area contributed by atoms with Crippen LogP contribution in [-0.2, 0) is 16.0 Å². The van der Waals surface area contributed by atoms with Crippen molar-refractivity contribution in [1.82, 2.24) is 0 Å². The van der Waals surface area contributed by atoms with Gasteiger partial charge >= 0.3 is 5.97 Å². The quantitative estimate of drug-likeness (QED) is 0.444. The Balaban J connectivity index is 2.17. The molecule has 0 bridgehead atoms. The van der Waals surface area contributed by atoms with Gasteiger partial charge in [0.25, 0.3) is 0 Å². The van der Waals surface area contributed by atoms with Gasteiger partial charge in [0.05, 0.1) is 12.2 Å². The number of benzene rings is 2. The van der Waals surface area contributed by atoms with Gasteiger partial charge in [0.1, 0.15) is 5.75 Å². The smallest absolute Gasteiger partial charge is 0.347 e. The van der Waals surface area contributed by atoms with E-state index in [9.17, 15) is 9.90 Å². The van der Waals surface area contributed by atoms with Crippen LogP contribution in [0.25, 0.3) is 0 Å². The average Bonchev–Trinajstić information content (AvgIpc) is 2.67. The van der Waals surface area contributed by atoms with Crippen molar-refractivity contribution in [2.75, 3.05) is 6.26 Å². The summed E-state index contributed by atoms with van der Waals surface area (Å²) in [6.45, 7) is 11.2. The summed E-state index contributed by atoms with van der Waals surface area (Å²) in [5.41, 5.74) is 3.02. The molecular formula is C25H34O4S. The maximum atomic E-state index is 11.4. The van der Waals surface area contributed by atoms with E-state index in [1.54, 1.807) is 25.6 Å². The summed E-state index contributed by atoms with van der Waals surface area (Å²) in [6.07, 6.45) is 3.99. The molecule has 1 unspecified atom stereocenters. The van der Waals surface area contributed by atoms with Crippen molar-refractivity contribution in [1.29, 1.82) is 0 Å². The number of thioether (sulfide) groups is 1. The first kappa shape index (κ1) is 24.3. The van der Waals surface area contributed by atoms with Crippen molar-refractivity contribution in [2.45, 2.75) is 77.1 Å². The summed E-state index contributed by atoms with van der Waals surface area (Å²) in [6, 6.07) is 12.8. The molecule has 1 N–H and O–H groups in total. The maximum Gasteiger partial charge on any atom is 0.347 e. The van der Waals surface area contributed by atoms with Crippen LogP contribution >= 0.6 is 11.8 Å². The van der Waals surface area contributed by atoms with E-state index in [1.165, 1.54) is 16.0 Å². The van der Waals surface area contributed by atoms with Gasteiger partial charge in [-0.3, -0.25) is 0 Å². The zero-order valence-electron chi connectivity index (χ0n) is 19.1. The Labute approximate surface area is 185 Å². The van der Waals surface area contributed by atoms with Gasteiger partial charge in [-0.05, 0) is 95.0 Å². The summed E-state index contributed by atoms with van der Waals surface area (Å²) in [7, 11) is 0. The molecule has 0 aromatic heterocycles. The first-order chi connectivity index (χ1) is 14.0. The molecule has 164 valence electrons. The molecule has 0 fully saturated rings. The number of carboxylic acid groups (broad SMARTS) is 1. The molecule has 2 rings (SSSR count). The normalized spacial score (nSPS) is 12.8. The molecule has 30 heavy (non-hydrogen) atoms. The molecule has 0 spiro atoms. The highest BCUT2D eigenvalue weighted by molar-refractivity contribution is 7.98. The lowest BCUT2D eigenvalue weighted by Gasteiger charge is -2.25. The monoisotopic (exact) mass is 430 g/mol. The minimum atomic E-state index is -1.27. The topological polar surface area (TPSA) is 55.8 Å². The van der Waals surface area contributed by atoms with Gasteiger partial charge in [0.2, 0.25) is 0 Å². The van der Waals surface area contributed by atoms with Gasteiger partial charge in [-0.15, -0.1) is 11.8 Å². The van der Waals surface area contributed by atoms with Crippen LogP contribution < -0.4 is 4.74 Å². The third-order valence-electron chi connectivity index (χ3n) is 5.01. The first-order valence-electron chi connectivity index (χ1n) is 10.4. The zero-order valence-corrected chi connectivity index (χ0v) is 19.9. The van der Waals surface area contributed by atoms with Crippen LogP contribution in [0.15, 0.2) is 41.3 Å². The van der Waals surface area contributed by atoms with E-state index in [4.69, 9.17) is 9.47 Å². The molecular weight excluding hydrogens is 396 g/mol. The largest absolute Gasteiger partial charge is 0.478 e. The molecule has 0 heterocycles. The third kappa shape index (κ3) is 6.51. The van der Waals surface area contributed by atoms with Crippen molar-refractivity contribution in [3.63, 3.8) is 0 Å². The van der Waals surface area contributed by atoms with Crippen LogP contribution in [0.5, 0.6) is 5.75 Å². The summed E-state index contributed by atoms with van der Waals surface area (Å²) in [5.74, 6) is -0.333. The van der Waals surface area contributed by atoms with Gasteiger partial charge in [-0.25, -0.2) is 4.79 Å². The molecule has 2 aromatic rings. The molecule has 0 amide bonds. The van der Waals surface area contributed by atoms with Crippen molar-refractivity contribution in [2.24, 2.45) is 0 Å². The third-order valence-corrected chi connectivity index (χ3v) is 5.76. The maximum absolute atomic E-state index is 11.4. The summed E-state index contributed by atoms with van der Waals surface area (Å²) < 4.78 is 12.0. The molecule has 0 aliphatic heterocycles. The predicted octanol–water partition coefficient (Wildman–Crippen LogP) is 6.37. The Bertz CT molecular complexity index is 833. The minimum absolute atomic E-state index is 0.0309. The number of hydrogen-bond acceptors (Lipinski definition) is 4. The van der Waals surface area contributed by atoms with E-state index < -0.39 is 11.6 Å². The standard InChI is InChI=1S/C25H34O4S/c1-16(2)28-22(20-9-11-21(30-7)12-10-20)13-8-19-14-17(3)23(18(4)15-19)29-25(5,6)24(26)27/h9-12,14-16,22H,8,13H2,1-7H3,(H,26,27). The lowest BCUT2D eigenvalue weighted by atomic mass is 9.97. The Morgan fingerprint density at radius 3 is 2.13 bits per heavy atom. The lowest BCUT2D eigenvalue weighted by Crippen LogP contribution is -2.38. The van der Waals surface area contributed by atoms with Crippen LogP contribution in [0.2, 0.25) is 0 Å². The first-order valence-corrected chi connectivity index (χ1v) is 11.6. The van der Waals surface area contributed by atoms with Crippen LogP contribution in [-0.4, -0.2) is 29.0 Å². The number of carboxylic acids is 1. The second-order valence-electron chi connectivity index (χ2n) is 8.46. The summed E-state index contributed by atoms with van der Waals surface area (Å²) in [5, 5.41) is 9.36. The molecule has 1 atom stereocenters. The van der Waals surface area contributed by atoms with Crippen LogP contribution in [0.4, 0.5) is 0 Å². The highest BCUT2D eigenvalue weighted by Crippen LogP contribution is 2.31. The van der Waals surface area contributed by atoms with Crippen molar-refractivity contribution >= 4 is 17.7 Å². The van der Waals surface area contributed by atoms with Crippen LogP contribution in [0.1, 0.15) is 62.5 Å². The predicted molar refractivity (Wildman–Crippen MR) is 124 cm³/mol. The van der Waals surface area contributed by atoms with E-state index in [2.05, 4.69) is 56.5 Å². The molecule has 5 heteroatoms. The number of ether oxygens (including phenoxy) is 2. The van der Waals surface area contributed by atoms with Crippen molar-refractivity contribution in [3.05, 3.63) is 58.7 Å². The van der Waals surface area contributed by atoms with Gasteiger partial charge in [0.15, 0.2) is 5.60 Å². The second-order valence-corrected chi connectivity index (χ2v) is 9.34. The molecule has 0 aliphatic carbocycles. The van der Waals surface area contributed by atoms with E-state index in [0.29, 0.717) is 5.75 Å². The number of rotatable bonds is 10. The fourth-order valence-corrected chi connectivity index (χ4v) is 3.81. The number of aryl methyl sites for hydroxylation is 3.